The zero-order valence-corrected chi connectivity index (χ0v) is 11.8. The van der Waals surface area contributed by atoms with Crippen LogP contribution in [0.1, 0.15) is 12.0 Å². The van der Waals surface area contributed by atoms with Crippen molar-refractivity contribution in [2.75, 3.05) is 19.0 Å². The number of amides is 2. The Balaban J connectivity index is 1.75. The maximum atomic E-state index is 11.9. The van der Waals surface area contributed by atoms with Gasteiger partial charge in [0.2, 0.25) is 5.91 Å². The fourth-order valence-corrected chi connectivity index (χ4v) is 2.20. The van der Waals surface area contributed by atoms with E-state index in [4.69, 9.17) is 16.3 Å². The van der Waals surface area contributed by atoms with Gasteiger partial charge >= 0.3 is 6.09 Å². The number of alkyl halides is 1. The molecule has 1 aromatic carbocycles. The highest BCUT2D eigenvalue weighted by atomic mass is 35.5. The molecule has 1 aliphatic heterocycles. The highest BCUT2D eigenvalue weighted by molar-refractivity contribution is 6.27. The molecular weight excluding hydrogens is 280 g/mol. The monoisotopic (exact) mass is 296 g/mol. The first-order valence-corrected chi connectivity index (χ1v) is 7.03. The van der Waals surface area contributed by atoms with Crippen LogP contribution in [-0.4, -0.2) is 41.9 Å². The van der Waals surface area contributed by atoms with Crippen molar-refractivity contribution in [1.82, 2.24) is 10.2 Å². The van der Waals surface area contributed by atoms with Gasteiger partial charge in [0.25, 0.3) is 0 Å². The van der Waals surface area contributed by atoms with Crippen LogP contribution in [-0.2, 0) is 16.1 Å². The lowest BCUT2D eigenvalue weighted by Gasteiger charge is -2.16. The molecule has 5 nitrogen and oxygen atoms in total. The largest absolute Gasteiger partial charge is 0.445 e. The Morgan fingerprint density at radius 2 is 2.10 bits per heavy atom. The fraction of sp³-hybridized carbons (Fsp3) is 0.429. The third kappa shape index (κ3) is 4.13. The molecule has 0 bridgehead atoms. The van der Waals surface area contributed by atoms with E-state index < -0.39 is 0 Å². The summed E-state index contributed by atoms with van der Waals surface area (Å²) in [6.07, 6.45) is 0.375. The molecule has 108 valence electrons. The zero-order valence-electron chi connectivity index (χ0n) is 11.0. The molecule has 2 amide bonds. The predicted octanol–water partition coefficient (Wildman–Crippen LogP) is 1.75. The average Bonchev–Trinajstić information content (AvgIpc) is 2.94. The summed E-state index contributed by atoms with van der Waals surface area (Å²) in [5.74, 6) is -0.272. The number of carbonyl (C=O) groups excluding carboxylic acids is 2. The van der Waals surface area contributed by atoms with E-state index in [1.165, 1.54) is 0 Å². The number of likely N-dealkylation sites (tertiary alicyclic amines) is 1. The number of ether oxygens (including phenoxy) is 1. The number of nitrogens with zero attached hydrogens (tertiary/aromatic N) is 1. The van der Waals surface area contributed by atoms with Gasteiger partial charge in [0.15, 0.2) is 0 Å². The molecule has 0 saturated carbocycles. The summed E-state index contributed by atoms with van der Waals surface area (Å²) in [6, 6.07) is 9.48. The third-order valence-corrected chi connectivity index (χ3v) is 3.38. The normalized spacial score (nSPS) is 17.9. The highest BCUT2D eigenvalue weighted by Gasteiger charge is 2.28. The van der Waals surface area contributed by atoms with Gasteiger partial charge in [-0.05, 0) is 12.0 Å². The molecular formula is C14H17ClN2O3. The maximum Gasteiger partial charge on any atom is 0.410 e. The van der Waals surface area contributed by atoms with Crippen LogP contribution in [0.4, 0.5) is 4.79 Å². The number of rotatable bonds is 4. The molecule has 2 rings (SSSR count). The molecule has 0 aromatic heterocycles. The van der Waals surface area contributed by atoms with Gasteiger partial charge in [0.1, 0.15) is 12.5 Å². The van der Waals surface area contributed by atoms with E-state index in [9.17, 15) is 9.59 Å². The van der Waals surface area contributed by atoms with Crippen molar-refractivity contribution in [3.8, 4) is 0 Å². The summed E-state index contributed by atoms with van der Waals surface area (Å²) in [7, 11) is 0. The number of nitrogens with one attached hydrogen (secondary N) is 1. The van der Waals surface area contributed by atoms with E-state index in [1.807, 2.05) is 30.3 Å². The van der Waals surface area contributed by atoms with Crippen LogP contribution in [0.25, 0.3) is 0 Å². The van der Waals surface area contributed by atoms with E-state index in [-0.39, 0.29) is 30.5 Å². The summed E-state index contributed by atoms with van der Waals surface area (Å²) in [6.45, 7) is 1.31. The lowest BCUT2D eigenvalue weighted by atomic mass is 10.2. The number of halogens is 1. The summed E-state index contributed by atoms with van der Waals surface area (Å²) < 4.78 is 5.24. The minimum absolute atomic E-state index is 0.0366. The Morgan fingerprint density at radius 1 is 1.35 bits per heavy atom. The Kier molecular flexibility index (Phi) is 5.24. The molecule has 1 atom stereocenters. The number of hydrogen-bond donors (Lipinski definition) is 1. The first-order valence-electron chi connectivity index (χ1n) is 6.50. The molecule has 0 aliphatic carbocycles. The van der Waals surface area contributed by atoms with Crippen molar-refractivity contribution in [3.63, 3.8) is 0 Å². The van der Waals surface area contributed by atoms with Crippen molar-refractivity contribution in [2.45, 2.75) is 19.1 Å². The Hall–Kier alpha value is -1.75. The van der Waals surface area contributed by atoms with Gasteiger partial charge in [0, 0.05) is 19.1 Å². The molecule has 1 N–H and O–H groups in total. The van der Waals surface area contributed by atoms with Crippen LogP contribution >= 0.6 is 11.6 Å². The zero-order chi connectivity index (χ0) is 14.4. The van der Waals surface area contributed by atoms with Crippen LogP contribution in [0.2, 0.25) is 0 Å². The SMILES string of the molecule is O=C(CCl)NC1CCN(C(=O)OCc2ccccc2)C1. The molecule has 1 fully saturated rings. The topological polar surface area (TPSA) is 58.6 Å². The van der Waals surface area contributed by atoms with Crippen molar-refractivity contribution in [2.24, 2.45) is 0 Å². The van der Waals surface area contributed by atoms with Crippen molar-refractivity contribution < 1.29 is 14.3 Å². The Labute approximate surface area is 122 Å². The lowest BCUT2D eigenvalue weighted by Crippen LogP contribution is -2.39. The van der Waals surface area contributed by atoms with Gasteiger partial charge < -0.3 is 15.0 Å². The predicted molar refractivity (Wildman–Crippen MR) is 75.5 cm³/mol. The van der Waals surface area contributed by atoms with E-state index in [0.717, 1.165) is 12.0 Å². The second kappa shape index (κ2) is 7.14. The van der Waals surface area contributed by atoms with E-state index >= 15 is 0 Å². The smallest absolute Gasteiger partial charge is 0.410 e. The molecule has 0 radical (unpaired) electrons. The second-order valence-corrected chi connectivity index (χ2v) is 4.94. The van der Waals surface area contributed by atoms with Gasteiger partial charge in [-0.3, -0.25) is 4.79 Å². The summed E-state index contributed by atoms with van der Waals surface area (Å²) in [5.41, 5.74) is 0.951. The maximum absolute atomic E-state index is 11.9. The quantitative estimate of drug-likeness (QED) is 0.861. The fourth-order valence-electron chi connectivity index (χ4n) is 2.12. The van der Waals surface area contributed by atoms with Gasteiger partial charge in [-0.15, -0.1) is 11.6 Å². The van der Waals surface area contributed by atoms with Crippen LogP contribution in [0.5, 0.6) is 0 Å². The number of hydrogen-bond acceptors (Lipinski definition) is 3. The molecule has 1 aromatic rings. The molecule has 1 aliphatic rings. The molecule has 1 saturated heterocycles. The number of benzene rings is 1. The first kappa shape index (κ1) is 14.7. The average molecular weight is 297 g/mol. The highest BCUT2D eigenvalue weighted by Crippen LogP contribution is 2.12. The Bertz CT molecular complexity index is 467. The molecule has 1 unspecified atom stereocenters. The van der Waals surface area contributed by atoms with Crippen LogP contribution < -0.4 is 5.32 Å². The van der Waals surface area contributed by atoms with Gasteiger partial charge in [-0.25, -0.2) is 4.79 Å². The van der Waals surface area contributed by atoms with Crippen molar-refractivity contribution in [1.29, 1.82) is 0 Å². The summed E-state index contributed by atoms with van der Waals surface area (Å²) >= 11 is 5.43. The van der Waals surface area contributed by atoms with Crippen molar-refractivity contribution >= 4 is 23.6 Å². The first-order chi connectivity index (χ1) is 9.69. The minimum atomic E-state index is -0.350. The second-order valence-electron chi connectivity index (χ2n) is 4.67. The van der Waals surface area contributed by atoms with Crippen LogP contribution in [0, 0.1) is 0 Å². The van der Waals surface area contributed by atoms with Crippen LogP contribution in [0.3, 0.4) is 0 Å². The minimum Gasteiger partial charge on any atom is -0.445 e. The van der Waals surface area contributed by atoms with Crippen molar-refractivity contribution in [3.05, 3.63) is 35.9 Å². The van der Waals surface area contributed by atoms with Gasteiger partial charge in [-0.2, -0.15) is 0 Å². The third-order valence-electron chi connectivity index (χ3n) is 3.14. The molecule has 1 heterocycles. The van der Waals surface area contributed by atoms with Gasteiger partial charge in [-0.1, -0.05) is 30.3 Å². The molecule has 0 spiro atoms. The summed E-state index contributed by atoms with van der Waals surface area (Å²) in [4.78, 5) is 24.7. The summed E-state index contributed by atoms with van der Waals surface area (Å²) in [5, 5.41) is 2.77. The molecule has 20 heavy (non-hydrogen) atoms. The van der Waals surface area contributed by atoms with Gasteiger partial charge in [0.05, 0.1) is 0 Å². The number of carbonyl (C=O) groups is 2. The van der Waals surface area contributed by atoms with Crippen LogP contribution in [0.15, 0.2) is 30.3 Å². The standard InChI is InChI=1S/C14H17ClN2O3/c15-8-13(18)16-12-6-7-17(9-12)14(19)20-10-11-4-2-1-3-5-11/h1-5,12H,6-10H2,(H,16,18). The van der Waals surface area contributed by atoms with E-state index in [2.05, 4.69) is 5.32 Å². The Morgan fingerprint density at radius 3 is 2.80 bits per heavy atom. The van der Waals surface area contributed by atoms with E-state index in [0.29, 0.717) is 13.1 Å². The van der Waals surface area contributed by atoms with E-state index in [1.54, 1.807) is 4.90 Å². The molecule has 6 heteroatoms. The lowest BCUT2D eigenvalue weighted by molar-refractivity contribution is -0.119.